The molecule has 1 saturated carbocycles. The maximum absolute atomic E-state index is 5.77. The molecule has 2 aromatic rings. The van der Waals surface area contributed by atoms with Crippen LogP contribution < -0.4 is 10.1 Å². The molecule has 1 heterocycles. The molecule has 0 bridgehead atoms. The third kappa shape index (κ3) is 3.94. The van der Waals surface area contributed by atoms with E-state index in [0.29, 0.717) is 12.5 Å². The molecule has 1 aromatic carbocycles. The molecule has 0 saturated heterocycles. The smallest absolute Gasteiger partial charge is 0.133 e. The van der Waals surface area contributed by atoms with Gasteiger partial charge in [-0.3, -0.25) is 0 Å². The highest BCUT2D eigenvalue weighted by Crippen LogP contribution is 2.37. The van der Waals surface area contributed by atoms with E-state index in [0.717, 1.165) is 23.9 Å². The van der Waals surface area contributed by atoms with Gasteiger partial charge in [-0.15, -0.1) is 0 Å². The van der Waals surface area contributed by atoms with Crippen LogP contribution in [0.5, 0.6) is 5.75 Å². The highest BCUT2D eigenvalue weighted by molar-refractivity contribution is 5.35. The van der Waals surface area contributed by atoms with Crippen LogP contribution in [0, 0.1) is 13.8 Å². The fourth-order valence-electron chi connectivity index (χ4n) is 2.37. The van der Waals surface area contributed by atoms with Crippen LogP contribution in [0.25, 0.3) is 0 Å². The Balaban J connectivity index is 1.48. The Hall–Kier alpha value is -2.10. The molecule has 0 aliphatic heterocycles. The van der Waals surface area contributed by atoms with E-state index in [1.54, 1.807) is 0 Å². The molecule has 1 aliphatic rings. The van der Waals surface area contributed by atoms with Crippen LogP contribution in [0.1, 0.15) is 35.7 Å². The standard InChI is InChI=1S/C17H21N3O/c1-12-9-13(2)11-15(10-12)21-8-7-18-16-5-6-19-17(20-16)14-3-4-14/h5-6,9-11,14H,3-4,7-8H2,1-2H3,(H,18,19,20). The maximum Gasteiger partial charge on any atom is 0.133 e. The van der Waals surface area contributed by atoms with Gasteiger partial charge < -0.3 is 10.1 Å². The molecule has 0 atom stereocenters. The summed E-state index contributed by atoms with van der Waals surface area (Å²) in [5.74, 6) is 3.36. The molecule has 0 spiro atoms. The Labute approximate surface area is 125 Å². The Morgan fingerprint density at radius 3 is 2.67 bits per heavy atom. The van der Waals surface area contributed by atoms with Gasteiger partial charge in [0.15, 0.2) is 0 Å². The van der Waals surface area contributed by atoms with Crippen molar-refractivity contribution in [2.24, 2.45) is 0 Å². The van der Waals surface area contributed by atoms with Crippen LogP contribution >= 0.6 is 0 Å². The van der Waals surface area contributed by atoms with Crippen molar-refractivity contribution in [3.63, 3.8) is 0 Å². The molecular formula is C17H21N3O. The second kappa shape index (κ2) is 6.12. The lowest BCUT2D eigenvalue weighted by Gasteiger charge is -2.10. The lowest BCUT2D eigenvalue weighted by atomic mass is 10.1. The number of benzene rings is 1. The van der Waals surface area contributed by atoms with Gasteiger partial charge in [-0.1, -0.05) is 6.07 Å². The van der Waals surface area contributed by atoms with E-state index in [1.165, 1.54) is 24.0 Å². The summed E-state index contributed by atoms with van der Waals surface area (Å²) in [5.41, 5.74) is 2.45. The Morgan fingerprint density at radius 1 is 1.19 bits per heavy atom. The molecule has 4 nitrogen and oxygen atoms in total. The number of aromatic nitrogens is 2. The molecule has 1 aliphatic carbocycles. The van der Waals surface area contributed by atoms with Gasteiger partial charge in [0, 0.05) is 12.1 Å². The predicted molar refractivity (Wildman–Crippen MR) is 83.9 cm³/mol. The summed E-state index contributed by atoms with van der Waals surface area (Å²) in [6.07, 6.45) is 4.27. The van der Waals surface area contributed by atoms with E-state index in [-0.39, 0.29) is 0 Å². The summed E-state index contributed by atoms with van der Waals surface area (Å²) < 4.78 is 5.77. The van der Waals surface area contributed by atoms with Gasteiger partial charge in [-0.05, 0) is 56.0 Å². The minimum atomic E-state index is 0.582. The van der Waals surface area contributed by atoms with Crippen LogP contribution in [0.15, 0.2) is 30.5 Å². The minimum absolute atomic E-state index is 0.582. The monoisotopic (exact) mass is 283 g/mol. The number of nitrogens with one attached hydrogen (secondary N) is 1. The van der Waals surface area contributed by atoms with Gasteiger partial charge in [0.05, 0.1) is 6.54 Å². The first-order chi connectivity index (χ1) is 10.2. The fraction of sp³-hybridized carbons (Fsp3) is 0.412. The summed E-state index contributed by atoms with van der Waals surface area (Å²) in [4.78, 5) is 8.84. The molecular weight excluding hydrogens is 262 g/mol. The van der Waals surface area contributed by atoms with Crippen LogP contribution in [-0.4, -0.2) is 23.1 Å². The van der Waals surface area contributed by atoms with E-state index in [2.05, 4.69) is 47.3 Å². The largest absolute Gasteiger partial charge is 0.492 e. The van der Waals surface area contributed by atoms with E-state index in [1.807, 2.05) is 12.3 Å². The zero-order valence-corrected chi connectivity index (χ0v) is 12.6. The summed E-state index contributed by atoms with van der Waals surface area (Å²) in [6, 6.07) is 8.17. The van der Waals surface area contributed by atoms with Crippen molar-refractivity contribution in [2.75, 3.05) is 18.5 Å². The second-order valence-electron chi connectivity index (χ2n) is 5.67. The average molecular weight is 283 g/mol. The number of rotatable bonds is 6. The fourth-order valence-corrected chi connectivity index (χ4v) is 2.37. The third-order valence-corrected chi connectivity index (χ3v) is 3.49. The molecule has 1 aromatic heterocycles. The summed E-state index contributed by atoms with van der Waals surface area (Å²) in [5, 5.41) is 3.29. The van der Waals surface area contributed by atoms with Crippen molar-refractivity contribution >= 4 is 5.82 Å². The Morgan fingerprint density at radius 2 is 1.95 bits per heavy atom. The number of hydrogen-bond acceptors (Lipinski definition) is 4. The second-order valence-corrected chi connectivity index (χ2v) is 5.67. The SMILES string of the molecule is Cc1cc(C)cc(OCCNc2ccnc(C3CC3)n2)c1. The van der Waals surface area contributed by atoms with Crippen molar-refractivity contribution in [1.82, 2.24) is 9.97 Å². The first-order valence-electron chi connectivity index (χ1n) is 7.48. The van der Waals surface area contributed by atoms with Crippen molar-refractivity contribution < 1.29 is 4.74 Å². The molecule has 0 amide bonds. The normalized spacial score (nSPS) is 14.0. The van der Waals surface area contributed by atoms with Gasteiger partial charge in [0.2, 0.25) is 0 Å². The molecule has 0 unspecified atom stereocenters. The quantitative estimate of drug-likeness (QED) is 0.825. The van der Waals surface area contributed by atoms with E-state index in [4.69, 9.17) is 4.74 Å². The van der Waals surface area contributed by atoms with E-state index < -0.39 is 0 Å². The molecule has 110 valence electrons. The third-order valence-electron chi connectivity index (χ3n) is 3.49. The molecule has 21 heavy (non-hydrogen) atoms. The summed E-state index contributed by atoms with van der Waals surface area (Å²) in [6.45, 7) is 5.51. The number of aryl methyl sites for hydroxylation is 2. The highest BCUT2D eigenvalue weighted by atomic mass is 16.5. The molecule has 0 radical (unpaired) electrons. The lowest BCUT2D eigenvalue weighted by Crippen LogP contribution is -2.13. The van der Waals surface area contributed by atoms with E-state index in [9.17, 15) is 0 Å². The van der Waals surface area contributed by atoms with Crippen molar-refractivity contribution in [3.05, 3.63) is 47.4 Å². The van der Waals surface area contributed by atoms with Crippen LogP contribution in [0.2, 0.25) is 0 Å². The number of anilines is 1. The molecule has 1 fully saturated rings. The maximum atomic E-state index is 5.77. The summed E-state index contributed by atoms with van der Waals surface area (Å²) in [7, 11) is 0. The van der Waals surface area contributed by atoms with Crippen molar-refractivity contribution in [1.29, 1.82) is 0 Å². The molecule has 1 N–H and O–H groups in total. The average Bonchev–Trinajstić information content (AvgIpc) is 3.27. The zero-order chi connectivity index (χ0) is 14.7. The lowest BCUT2D eigenvalue weighted by molar-refractivity contribution is 0.332. The van der Waals surface area contributed by atoms with Gasteiger partial charge in [-0.25, -0.2) is 9.97 Å². The van der Waals surface area contributed by atoms with Gasteiger partial charge in [0.1, 0.15) is 24.0 Å². The summed E-state index contributed by atoms with van der Waals surface area (Å²) >= 11 is 0. The topological polar surface area (TPSA) is 47.0 Å². The van der Waals surface area contributed by atoms with Crippen LogP contribution in [-0.2, 0) is 0 Å². The van der Waals surface area contributed by atoms with Gasteiger partial charge >= 0.3 is 0 Å². The minimum Gasteiger partial charge on any atom is -0.492 e. The Kier molecular flexibility index (Phi) is 4.04. The predicted octanol–water partition coefficient (Wildman–Crippen LogP) is 3.46. The van der Waals surface area contributed by atoms with E-state index >= 15 is 0 Å². The number of hydrogen-bond donors (Lipinski definition) is 1. The zero-order valence-electron chi connectivity index (χ0n) is 12.6. The van der Waals surface area contributed by atoms with Crippen LogP contribution in [0.3, 0.4) is 0 Å². The first-order valence-corrected chi connectivity index (χ1v) is 7.48. The van der Waals surface area contributed by atoms with Gasteiger partial charge in [-0.2, -0.15) is 0 Å². The van der Waals surface area contributed by atoms with Gasteiger partial charge in [0.25, 0.3) is 0 Å². The van der Waals surface area contributed by atoms with Crippen LogP contribution in [0.4, 0.5) is 5.82 Å². The number of ether oxygens (including phenoxy) is 1. The Bertz CT molecular complexity index is 603. The molecule has 4 heteroatoms. The highest BCUT2D eigenvalue weighted by Gasteiger charge is 2.26. The van der Waals surface area contributed by atoms with Crippen molar-refractivity contribution in [3.8, 4) is 5.75 Å². The van der Waals surface area contributed by atoms with Crippen molar-refractivity contribution in [2.45, 2.75) is 32.6 Å². The number of nitrogens with zero attached hydrogens (tertiary/aromatic N) is 2. The molecule has 3 rings (SSSR count). The first kappa shape index (κ1) is 13.9.